The number of nitrogens with two attached hydrogens (primary N) is 1. The molecule has 3 nitrogen and oxygen atoms in total. The van der Waals surface area contributed by atoms with Gasteiger partial charge in [0.05, 0.1) is 0 Å². The maximum Gasteiger partial charge on any atom is 0.125 e. The average molecular weight is 314 g/mol. The Morgan fingerprint density at radius 1 is 1.19 bits per heavy atom. The highest BCUT2D eigenvalue weighted by atomic mass is 35.5. The van der Waals surface area contributed by atoms with Gasteiger partial charge >= 0.3 is 0 Å². The first-order valence-corrected chi connectivity index (χ1v) is 8.00. The van der Waals surface area contributed by atoms with E-state index in [-0.39, 0.29) is 11.9 Å². The van der Waals surface area contributed by atoms with Gasteiger partial charge in [-0.15, -0.1) is 0 Å². The van der Waals surface area contributed by atoms with E-state index in [4.69, 9.17) is 17.3 Å². The van der Waals surface area contributed by atoms with Crippen LogP contribution in [0.2, 0.25) is 5.02 Å². The van der Waals surface area contributed by atoms with Crippen molar-refractivity contribution in [1.29, 1.82) is 0 Å². The van der Waals surface area contributed by atoms with Crippen LogP contribution in [0, 0.1) is 11.7 Å². The second kappa shape index (κ2) is 7.54. The summed E-state index contributed by atoms with van der Waals surface area (Å²) in [5.41, 5.74) is 6.81. The van der Waals surface area contributed by atoms with E-state index >= 15 is 0 Å². The van der Waals surface area contributed by atoms with Gasteiger partial charge in [-0.05, 0) is 29.7 Å². The Morgan fingerprint density at radius 2 is 1.86 bits per heavy atom. The fraction of sp³-hybridized carbons (Fsp3) is 0.625. The van der Waals surface area contributed by atoms with E-state index in [2.05, 4.69) is 23.6 Å². The van der Waals surface area contributed by atoms with E-state index < -0.39 is 0 Å². The van der Waals surface area contributed by atoms with Crippen molar-refractivity contribution >= 4 is 11.6 Å². The van der Waals surface area contributed by atoms with Gasteiger partial charge < -0.3 is 10.6 Å². The van der Waals surface area contributed by atoms with E-state index in [1.54, 1.807) is 6.07 Å². The molecule has 1 aliphatic rings. The monoisotopic (exact) mass is 313 g/mol. The lowest BCUT2D eigenvalue weighted by atomic mass is 10.0. The average Bonchev–Trinajstić information content (AvgIpc) is 2.40. The number of nitrogens with zero attached hydrogens (tertiary/aromatic N) is 2. The molecule has 1 aromatic carbocycles. The van der Waals surface area contributed by atoms with Crippen LogP contribution in [0.25, 0.3) is 0 Å². The second-order valence-corrected chi connectivity index (χ2v) is 6.62. The number of piperazine rings is 1. The topological polar surface area (TPSA) is 32.5 Å². The van der Waals surface area contributed by atoms with Crippen molar-refractivity contribution in [3.05, 3.63) is 34.6 Å². The summed E-state index contributed by atoms with van der Waals surface area (Å²) < 4.78 is 13.5. The molecule has 5 heteroatoms. The second-order valence-electron chi connectivity index (χ2n) is 6.18. The highest BCUT2D eigenvalue weighted by Gasteiger charge is 2.24. The first-order chi connectivity index (χ1) is 9.99. The molecule has 0 amide bonds. The zero-order valence-electron chi connectivity index (χ0n) is 12.9. The molecular formula is C16H25ClFN3. The van der Waals surface area contributed by atoms with Gasteiger partial charge in [0, 0.05) is 50.3 Å². The number of hydrogen-bond acceptors (Lipinski definition) is 3. The van der Waals surface area contributed by atoms with Crippen molar-refractivity contribution in [1.82, 2.24) is 9.80 Å². The van der Waals surface area contributed by atoms with Crippen molar-refractivity contribution in [2.75, 3.05) is 39.3 Å². The summed E-state index contributed by atoms with van der Waals surface area (Å²) >= 11 is 5.96. The Kier molecular flexibility index (Phi) is 5.99. The zero-order valence-corrected chi connectivity index (χ0v) is 13.6. The molecule has 0 spiro atoms. The Bertz CT molecular complexity index is 439. The van der Waals surface area contributed by atoms with E-state index in [0.717, 1.165) is 38.3 Å². The Morgan fingerprint density at radius 3 is 2.38 bits per heavy atom. The van der Waals surface area contributed by atoms with Gasteiger partial charge in [-0.1, -0.05) is 25.4 Å². The van der Waals surface area contributed by atoms with Crippen LogP contribution in [-0.2, 0) is 0 Å². The minimum atomic E-state index is -0.297. The molecule has 0 radical (unpaired) electrons. The molecule has 2 N–H and O–H groups in total. The van der Waals surface area contributed by atoms with Crippen molar-refractivity contribution in [2.24, 2.45) is 11.7 Å². The molecule has 0 saturated carbocycles. The molecule has 0 aromatic heterocycles. The van der Waals surface area contributed by atoms with Gasteiger partial charge in [0.1, 0.15) is 5.82 Å². The molecule has 1 heterocycles. The first-order valence-electron chi connectivity index (χ1n) is 7.62. The molecule has 1 aromatic rings. The van der Waals surface area contributed by atoms with Crippen LogP contribution in [0.4, 0.5) is 4.39 Å². The number of benzene rings is 1. The zero-order chi connectivity index (χ0) is 15.4. The fourth-order valence-electron chi connectivity index (χ4n) is 3.04. The fourth-order valence-corrected chi connectivity index (χ4v) is 3.27. The Balaban J connectivity index is 2.02. The third-order valence-corrected chi connectivity index (χ3v) is 4.18. The lowest BCUT2D eigenvalue weighted by Gasteiger charge is -2.39. The molecule has 1 atom stereocenters. The molecule has 1 aliphatic heterocycles. The van der Waals surface area contributed by atoms with Crippen molar-refractivity contribution in [3.63, 3.8) is 0 Å². The van der Waals surface area contributed by atoms with Crippen LogP contribution < -0.4 is 5.73 Å². The van der Waals surface area contributed by atoms with Crippen LogP contribution in [0.1, 0.15) is 25.5 Å². The Labute approximate surface area is 131 Å². The maximum atomic E-state index is 13.5. The van der Waals surface area contributed by atoms with Crippen LogP contribution >= 0.6 is 11.6 Å². The van der Waals surface area contributed by atoms with Crippen LogP contribution in [-0.4, -0.2) is 49.1 Å². The predicted molar refractivity (Wildman–Crippen MR) is 86.1 cm³/mol. The molecule has 1 saturated heterocycles. The summed E-state index contributed by atoms with van der Waals surface area (Å²) in [7, 11) is 0. The molecule has 1 fully saturated rings. The third kappa shape index (κ3) is 4.65. The maximum absolute atomic E-state index is 13.5. The number of halogens is 2. The van der Waals surface area contributed by atoms with Gasteiger partial charge in [-0.3, -0.25) is 4.90 Å². The van der Waals surface area contributed by atoms with Gasteiger partial charge in [0.25, 0.3) is 0 Å². The standard InChI is InChI=1S/C16H25ClFN3/c1-12(2)11-20-3-5-21(6-4-20)16(10-19)13-7-14(17)9-15(18)8-13/h7-9,12,16H,3-6,10-11,19H2,1-2H3. The summed E-state index contributed by atoms with van der Waals surface area (Å²) in [6.07, 6.45) is 0. The van der Waals surface area contributed by atoms with Crippen LogP contribution in [0.5, 0.6) is 0 Å². The molecule has 0 aliphatic carbocycles. The van der Waals surface area contributed by atoms with E-state index in [1.165, 1.54) is 6.07 Å². The minimum absolute atomic E-state index is 0.0411. The van der Waals surface area contributed by atoms with Gasteiger partial charge in [-0.2, -0.15) is 0 Å². The predicted octanol–water partition coefficient (Wildman–Crippen LogP) is 2.75. The van der Waals surface area contributed by atoms with Gasteiger partial charge in [-0.25, -0.2) is 4.39 Å². The summed E-state index contributed by atoms with van der Waals surface area (Å²) in [6.45, 7) is 10.1. The lowest BCUT2D eigenvalue weighted by Crippen LogP contribution is -2.49. The van der Waals surface area contributed by atoms with Crippen molar-refractivity contribution in [3.8, 4) is 0 Å². The molecule has 2 rings (SSSR count). The van der Waals surface area contributed by atoms with E-state index in [9.17, 15) is 4.39 Å². The molecule has 21 heavy (non-hydrogen) atoms. The number of rotatable bonds is 5. The van der Waals surface area contributed by atoms with Crippen molar-refractivity contribution in [2.45, 2.75) is 19.9 Å². The molecule has 0 bridgehead atoms. The highest BCUT2D eigenvalue weighted by molar-refractivity contribution is 6.30. The SMILES string of the molecule is CC(C)CN1CCN(C(CN)c2cc(F)cc(Cl)c2)CC1. The molecule has 118 valence electrons. The smallest absolute Gasteiger partial charge is 0.125 e. The molecular weight excluding hydrogens is 289 g/mol. The summed E-state index contributed by atoms with van der Waals surface area (Å²) in [5, 5.41) is 0.432. The third-order valence-electron chi connectivity index (χ3n) is 3.96. The van der Waals surface area contributed by atoms with Crippen LogP contribution in [0.3, 0.4) is 0 Å². The summed E-state index contributed by atoms with van der Waals surface area (Å²) in [5.74, 6) is 0.387. The normalized spacial score (nSPS) is 19.1. The Hall–Kier alpha value is -0.680. The number of hydrogen-bond donors (Lipinski definition) is 1. The van der Waals surface area contributed by atoms with Gasteiger partial charge in [0.15, 0.2) is 0 Å². The van der Waals surface area contributed by atoms with Crippen molar-refractivity contribution < 1.29 is 4.39 Å². The quantitative estimate of drug-likeness (QED) is 0.907. The summed E-state index contributed by atoms with van der Waals surface area (Å²) in [4.78, 5) is 4.81. The first kappa shape index (κ1) is 16.7. The van der Waals surface area contributed by atoms with E-state index in [1.807, 2.05) is 6.07 Å². The largest absolute Gasteiger partial charge is 0.329 e. The molecule has 1 unspecified atom stereocenters. The van der Waals surface area contributed by atoms with Crippen LogP contribution in [0.15, 0.2) is 18.2 Å². The minimum Gasteiger partial charge on any atom is -0.329 e. The highest BCUT2D eigenvalue weighted by Crippen LogP contribution is 2.25. The van der Waals surface area contributed by atoms with Gasteiger partial charge in [0.2, 0.25) is 0 Å². The summed E-state index contributed by atoms with van der Waals surface area (Å²) in [6, 6.07) is 4.74. The van der Waals surface area contributed by atoms with E-state index in [0.29, 0.717) is 17.5 Å². The lowest BCUT2D eigenvalue weighted by molar-refractivity contribution is 0.0911.